The molecule has 216 valence electrons. The Hall–Kier alpha value is -3.54. The van der Waals surface area contributed by atoms with Crippen LogP contribution in [0.3, 0.4) is 0 Å². The molecule has 2 aromatic carbocycles. The minimum atomic E-state index is -2.38. The first-order valence-electron chi connectivity index (χ1n) is 13.0. The zero-order valence-corrected chi connectivity index (χ0v) is 26.5. The van der Waals surface area contributed by atoms with E-state index in [9.17, 15) is 9.90 Å². The molecule has 0 amide bonds. The molecule has 2 heterocycles. The maximum absolute atomic E-state index is 13.4. The van der Waals surface area contributed by atoms with Gasteiger partial charge in [0.25, 0.3) is 0 Å². The molecule has 0 radical (unpaired) electrons. The molecule has 1 aromatic heterocycles. The molecule has 14 heteroatoms. The van der Waals surface area contributed by atoms with Gasteiger partial charge >= 0.3 is 11.5 Å². The van der Waals surface area contributed by atoms with E-state index in [4.69, 9.17) is 5.10 Å². The highest BCUT2D eigenvalue weighted by molar-refractivity contribution is 8.13. The number of aliphatic hydroxyl groups is 1. The van der Waals surface area contributed by atoms with Crippen LogP contribution in [0.2, 0.25) is 0 Å². The molecule has 0 bridgehead atoms. The highest BCUT2D eigenvalue weighted by Crippen LogP contribution is 2.43. The summed E-state index contributed by atoms with van der Waals surface area (Å²) in [6.07, 6.45) is 4.47. The second kappa shape index (κ2) is 13.4. The fourth-order valence-electron chi connectivity index (χ4n) is 4.28. The summed E-state index contributed by atoms with van der Waals surface area (Å²) in [5.74, 6) is 0.289. The zero-order valence-electron chi connectivity index (χ0n) is 23.9. The highest BCUT2D eigenvalue weighted by Gasteiger charge is 2.35. The Labute approximate surface area is 248 Å². The summed E-state index contributed by atoms with van der Waals surface area (Å²) in [4.78, 5) is 13.4. The molecular formula is C27H35N9O2PS2+. The molecule has 3 N–H and O–H groups in total. The number of hydrazone groups is 1. The van der Waals surface area contributed by atoms with Crippen molar-refractivity contribution in [3.8, 4) is 0 Å². The monoisotopic (exact) mass is 612 g/mol. The van der Waals surface area contributed by atoms with Gasteiger partial charge in [-0.15, -0.1) is 25.0 Å². The third-order valence-electron chi connectivity index (χ3n) is 6.48. The van der Waals surface area contributed by atoms with E-state index in [0.29, 0.717) is 28.5 Å². The van der Waals surface area contributed by atoms with Crippen molar-refractivity contribution in [3.05, 3.63) is 88.3 Å². The minimum Gasteiger partial charge on any atom is -0.491 e. The van der Waals surface area contributed by atoms with E-state index in [-0.39, 0.29) is 17.1 Å². The first-order chi connectivity index (χ1) is 19.8. The average molecular weight is 613 g/mol. The summed E-state index contributed by atoms with van der Waals surface area (Å²) in [6.45, 7) is 8.27. The van der Waals surface area contributed by atoms with E-state index in [1.54, 1.807) is 13.8 Å². The molecule has 4 rings (SSSR count). The van der Waals surface area contributed by atoms with E-state index in [2.05, 4.69) is 68.3 Å². The van der Waals surface area contributed by atoms with Crippen LogP contribution in [0.4, 0.5) is 0 Å². The first-order valence-corrected chi connectivity index (χ1v) is 17.6. The van der Waals surface area contributed by atoms with Gasteiger partial charge in [-0.25, -0.2) is 4.33 Å². The summed E-state index contributed by atoms with van der Waals surface area (Å²) >= 11 is 2.62. The quantitative estimate of drug-likeness (QED) is 0.159. The second-order valence-electron chi connectivity index (χ2n) is 9.17. The summed E-state index contributed by atoms with van der Waals surface area (Å²) in [6, 6.07) is 20.6. The van der Waals surface area contributed by atoms with Gasteiger partial charge in [0.15, 0.2) is 0 Å². The van der Waals surface area contributed by atoms with Crippen molar-refractivity contribution in [2.75, 3.05) is 25.7 Å². The van der Waals surface area contributed by atoms with Crippen molar-refractivity contribution in [1.29, 1.82) is 0 Å². The molecule has 0 fully saturated rings. The van der Waals surface area contributed by atoms with Gasteiger partial charge in [-0.05, 0) is 39.4 Å². The molecule has 0 atom stereocenters. The Morgan fingerprint density at radius 1 is 1.05 bits per heavy atom. The van der Waals surface area contributed by atoms with E-state index in [1.807, 2.05) is 48.9 Å². The van der Waals surface area contributed by atoms with E-state index in [1.165, 1.54) is 33.2 Å². The lowest BCUT2D eigenvalue weighted by atomic mass is 10.4. The van der Waals surface area contributed by atoms with Gasteiger partial charge in [-0.3, -0.25) is 10.2 Å². The first kappa shape index (κ1) is 30.4. The SMILES string of the molecule is CCC[N+](/C(=N/n1c(SC)nnc(C)c1=O)NN1C(SC)=NNC(C)=C1O)=P(C)(c1ccccc1)c1ccccc1. The fraction of sp³-hybridized carbons (Fsp3) is 0.296. The van der Waals surface area contributed by atoms with E-state index >= 15 is 0 Å². The molecule has 0 saturated carbocycles. The average Bonchev–Trinajstić information content (AvgIpc) is 3.00. The summed E-state index contributed by atoms with van der Waals surface area (Å²) in [5.41, 5.74) is 6.49. The van der Waals surface area contributed by atoms with Gasteiger partial charge in [-0.1, -0.05) is 91.1 Å². The number of benzene rings is 2. The molecule has 1 aliphatic heterocycles. The Morgan fingerprint density at radius 2 is 1.66 bits per heavy atom. The summed E-state index contributed by atoms with van der Waals surface area (Å²) in [5, 5.41) is 33.2. The van der Waals surface area contributed by atoms with Crippen LogP contribution in [0, 0.1) is 6.92 Å². The number of nitrogens with one attached hydrogen (secondary N) is 2. The van der Waals surface area contributed by atoms with E-state index in [0.717, 1.165) is 17.0 Å². The maximum atomic E-state index is 13.4. The van der Waals surface area contributed by atoms with Crippen molar-refractivity contribution in [3.63, 3.8) is 0 Å². The lowest BCUT2D eigenvalue weighted by Crippen LogP contribution is -2.52. The van der Waals surface area contributed by atoms with Crippen molar-refractivity contribution < 1.29 is 9.43 Å². The fourth-order valence-corrected chi connectivity index (χ4v) is 8.58. The number of hydrogen-bond acceptors (Lipinski definition) is 10. The topological polar surface area (TPSA) is 123 Å². The van der Waals surface area contributed by atoms with Crippen LogP contribution in [0.1, 0.15) is 26.0 Å². The molecule has 0 aliphatic carbocycles. The third kappa shape index (κ3) is 6.22. The number of guanidine groups is 1. The van der Waals surface area contributed by atoms with Crippen molar-refractivity contribution >= 4 is 52.3 Å². The number of aromatic nitrogens is 3. The maximum Gasteiger partial charge on any atom is 0.433 e. The molecule has 0 spiro atoms. The van der Waals surface area contributed by atoms with Crippen molar-refractivity contribution in [1.82, 2.24) is 30.7 Å². The van der Waals surface area contributed by atoms with Gasteiger partial charge in [0, 0.05) is 15.7 Å². The minimum absolute atomic E-state index is 0.0607. The molecule has 1 aliphatic rings. The lowest BCUT2D eigenvalue weighted by molar-refractivity contribution is -0.393. The molecular weight excluding hydrogens is 577 g/mol. The van der Waals surface area contributed by atoms with Gasteiger partial charge in [-0.2, -0.15) is 5.43 Å². The highest BCUT2D eigenvalue weighted by atomic mass is 32.2. The Morgan fingerprint density at radius 3 is 2.20 bits per heavy atom. The predicted molar refractivity (Wildman–Crippen MR) is 170 cm³/mol. The Bertz CT molecular complexity index is 1560. The van der Waals surface area contributed by atoms with Crippen molar-refractivity contribution in [2.24, 2.45) is 10.2 Å². The number of allylic oxidation sites excluding steroid dienone is 1. The van der Waals surface area contributed by atoms with Crippen LogP contribution in [-0.2, 0) is 0 Å². The number of hydrazine groups is 1. The van der Waals surface area contributed by atoms with Gasteiger partial charge in [0.05, 0.1) is 19.3 Å². The number of amidine groups is 1. The molecule has 11 nitrogen and oxygen atoms in total. The Balaban J connectivity index is 2.13. The number of hydrogen-bond donors (Lipinski definition) is 3. The molecule has 3 aromatic rings. The van der Waals surface area contributed by atoms with Crippen molar-refractivity contribution in [2.45, 2.75) is 32.3 Å². The Kier molecular flexibility index (Phi) is 9.95. The van der Waals surface area contributed by atoms with Gasteiger partial charge in [0.2, 0.25) is 16.2 Å². The van der Waals surface area contributed by atoms with Crippen LogP contribution in [-0.4, -0.2) is 66.2 Å². The number of nitrogens with zero attached hydrogens (tertiary/aromatic N) is 7. The van der Waals surface area contributed by atoms with Crippen LogP contribution in [0.25, 0.3) is 0 Å². The van der Waals surface area contributed by atoms with Gasteiger partial charge in [0.1, 0.15) is 5.69 Å². The van der Waals surface area contributed by atoms with Crippen LogP contribution in [0.5, 0.6) is 0 Å². The predicted octanol–water partition coefficient (Wildman–Crippen LogP) is 3.48. The number of thioether (sulfide) groups is 2. The van der Waals surface area contributed by atoms with Crippen LogP contribution < -0.4 is 27.0 Å². The third-order valence-corrected chi connectivity index (χ3v) is 11.7. The molecule has 41 heavy (non-hydrogen) atoms. The smallest absolute Gasteiger partial charge is 0.433 e. The normalized spacial score (nSPS) is 14.0. The largest absolute Gasteiger partial charge is 0.491 e. The second-order valence-corrected chi connectivity index (χ2v) is 14.2. The van der Waals surface area contributed by atoms with Crippen LogP contribution >= 0.6 is 30.6 Å². The number of aliphatic hydroxyl groups excluding tert-OH is 1. The summed E-state index contributed by atoms with van der Waals surface area (Å²) in [7, 11) is -2.38. The lowest BCUT2D eigenvalue weighted by Gasteiger charge is -2.30. The number of rotatable bonds is 7. The molecule has 0 unspecified atom stereocenters. The molecule has 0 saturated heterocycles. The van der Waals surface area contributed by atoms with Gasteiger partial charge < -0.3 is 5.11 Å². The number of aryl methyl sites for hydroxylation is 1. The standard InChI is InChI=1S/C27H34N9O2PS2/c1-7-18-34(39(4,21-14-10-8-11-15-21)22-16-12-9-13-17-22)25(32-35-23(37)19(2)28-30-26(35)40-5)33-36-24(38)20(3)29-31-27(36)41-6/h8-17H,7,18H2,1-6H3,(H2-,28,29,32,33,37,38)/p+1. The summed E-state index contributed by atoms with van der Waals surface area (Å²) < 4.78 is 3.48. The van der Waals surface area contributed by atoms with E-state index < -0.39 is 7.05 Å². The van der Waals surface area contributed by atoms with Crippen LogP contribution in [0.15, 0.2) is 92.4 Å². The zero-order chi connectivity index (χ0) is 29.6.